The number of carbonyl (C=O) groups is 1. The number of methoxy groups -OCH3 is 1. The molecule has 0 bridgehead atoms. The van der Waals surface area contributed by atoms with E-state index in [1.807, 2.05) is 13.0 Å². The zero-order chi connectivity index (χ0) is 19.3. The number of halogens is 3. The molecule has 0 radical (unpaired) electrons. The SMILES string of the molecule is CCc1cccc(OC(=O)OC)c1COc1cc(Cl)c(C)cc1C(F)F. The Morgan fingerprint density at radius 2 is 1.96 bits per heavy atom. The highest BCUT2D eigenvalue weighted by atomic mass is 35.5. The van der Waals surface area contributed by atoms with Crippen molar-refractivity contribution in [1.29, 1.82) is 0 Å². The van der Waals surface area contributed by atoms with E-state index in [1.54, 1.807) is 19.1 Å². The summed E-state index contributed by atoms with van der Waals surface area (Å²) in [5.41, 5.74) is 1.75. The Morgan fingerprint density at radius 1 is 1.23 bits per heavy atom. The summed E-state index contributed by atoms with van der Waals surface area (Å²) >= 11 is 6.04. The minimum Gasteiger partial charge on any atom is -0.488 e. The molecule has 0 unspecified atom stereocenters. The molecule has 0 amide bonds. The molecule has 0 aliphatic heterocycles. The van der Waals surface area contributed by atoms with Crippen LogP contribution in [0.25, 0.3) is 0 Å². The lowest BCUT2D eigenvalue weighted by atomic mass is 10.0. The van der Waals surface area contributed by atoms with E-state index in [1.165, 1.54) is 19.2 Å². The smallest absolute Gasteiger partial charge is 0.488 e. The Bertz CT molecular complexity index is 793. The van der Waals surface area contributed by atoms with Crippen LogP contribution < -0.4 is 9.47 Å². The molecule has 4 nitrogen and oxygen atoms in total. The van der Waals surface area contributed by atoms with Gasteiger partial charge in [-0.2, -0.15) is 0 Å². The van der Waals surface area contributed by atoms with Gasteiger partial charge in [0.25, 0.3) is 6.43 Å². The fourth-order valence-electron chi connectivity index (χ4n) is 2.46. The first-order valence-electron chi connectivity index (χ1n) is 7.94. The molecule has 0 heterocycles. The molecule has 2 aromatic rings. The highest BCUT2D eigenvalue weighted by Crippen LogP contribution is 2.35. The fraction of sp³-hybridized carbons (Fsp3) is 0.316. The van der Waals surface area contributed by atoms with Crippen molar-refractivity contribution < 1.29 is 27.8 Å². The van der Waals surface area contributed by atoms with E-state index in [2.05, 4.69) is 4.74 Å². The van der Waals surface area contributed by atoms with Crippen molar-refractivity contribution in [3.8, 4) is 11.5 Å². The van der Waals surface area contributed by atoms with Gasteiger partial charge in [-0.15, -0.1) is 0 Å². The molecule has 0 N–H and O–H groups in total. The van der Waals surface area contributed by atoms with Gasteiger partial charge in [-0.1, -0.05) is 30.7 Å². The number of ether oxygens (including phenoxy) is 3. The van der Waals surface area contributed by atoms with Crippen LogP contribution in [0.4, 0.5) is 13.6 Å². The standard InChI is InChI=1S/C19H19ClF2O4/c1-4-12-6-5-7-16(26-19(23)24-3)14(12)10-25-17-9-15(20)11(2)8-13(17)18(21)22/h5-9,18H,4,10H2,1-3H3. The predicted octanol–water partition coefficient (Wildman–Crippen LogP) is 5.87. The summed E-state index contributed by atoms with van der Waals surface area (Å²) in [5.74, 6) is 0.249. The third-order valence-corrected chi connectivity index (χ3v) is 4.28. The molecule has 0 aliphatic carbocycles. The number of carbonyl (C=O) groups excluding carboxylic acids is 1. The minimum absolute atomic E-state index is 0.00877. The predicted molar refractivity (Wildman–Crippen MR) is 94.3 cm³/mol. The van der Waals surface area contributed by atoms with Crippen LogP contribution >= 0.6 is 11.6 Å². The van der Waals surface area contributed by atoms with E-state index in [9.17, 15) is 13.6 Å². The van der Waals surface area contributed by atoms with Gasteiger partial charge in [-0.3, -0.25) is 0 Å². The number of hydrogen-bond donors (Lipinski definition) is 0. The second-order valence-corrected chi connectivity index (χ2v) is 5.94. The average molecular weight is 385 g/mol. The van der Waals surface area contributed by atoms with Gasteiger partial charge in [0.05, 0.1) is 12.7 Å². The summed E-state index contributed by atoms with van der Waals surface area (Å²) in [6.45, 7) is 3.51. The molecule has 26 heavy (non-hydrogen) atoms. The second-order valence-electron chi connectivity index (χ2n) is 5.53. The molecule has 140 valence electrons. The maximum atomic E-state index is 13.3. The first-order chi connectivity index (χ1) is 12.4. The van der Waals surface area contributed by atoms with Crippen molar-refractivity contribution in [1.82, 2.24) is 0 Å². The maximum absolute atomic E-state index is 13.3. The topological polar surface area (TPSA) is 44.8 Å². The van der Waals surface area contributed by atoms with Gasteiger partial charge in [0.2, 0.25) is 0 Å². The van der Waals surface area contributed by atoms with Crippen molar-refractivity contribution >= 4 is 17.8 Å². The quantitative estimate of drug-likeness (QED) is 0.461. The Labute approximate surface area is 155 Å². The summed E-state index contributed by atoms with van der Waals surface area (Å²) < 4.78 is 41.9. The number of alkyl halides is 2. The Balaban J connectivity index is 2.35. The van der Waals surface area contributed by atoms with E-state index < -0.39 is 12.6 Å². The molecule has 0 saturated heterocycles. The van der Waals surface area contributed by atoms with Gasteiger partial charge >= 0.3 is 6.16 Å². The van der Waals surface area contributed by atoms with E-state index in [0.717, 1.165) is 5.56 Å². The number of benzene rings is 2. The zero-order valence-electron chi connectivity index (χ0n) is 14.6. The highest BCUT2D eigenvalue weighted by molar-refractivity contribution is 6.31. The Morgan fingerprint density at radius 3 is 2.58 bits per heavy atom. The lowest BCUT2D eigenvalue weighted by Gasteiger charge is -2.17. The van der Waals surface area contributed by atoms with E-state index in [4.69, 9.17) is 21.1 Å². The van der Waals surface area contributed by atoms with Gasteiger partial charge in [0.1, 0.15) is 18.1 Å². The second kappa shape index (κ2) is 8.85. The van der Waals surface area contributed by atoms with Crippen molar-refractivity contribution in [2.45, 2.75) is 33.3 Å². The lowest BCUT2D eigenvalue weighted by Crippen LogP contribution is -2.11. The monoisotopic (exact) mass is 384 g/mol. The molecule has 0 saturated carbocycles. The maximum Gasteiger partial charge on any atom is 0.513 e. The molecule has 0 spiro atoms. The largest absolute Gasteiger partial charge is 0.513 e. The van der Waals surface area contributed by atoms with Gasteiger partial charge in [-0.25, -0.2) is 13.6 Å². The highest BCUT2D eigenvalue weighted by Gasteiger charge is 2.18. The van der Waals surface area contributed by atoms with Crippen molar-refractivity contribution in [3.63, 3.8) is 0 Å². The first-order valence-corrected chi connectivity index (χ1v) is 8.32. The zero-order valence-corrected chi connectivity index (χ0v) is 15.4. The molecule has 2 aromatic carbocycles. The van der Waals surface area contributed by atoms with Crippen molar-refractivity contribution in [2.75, 3.05) is 7.11 Å². The van der Waals surface area contributed by atoms with Crippen molar-refractivity contribution in [3.05, 3.63) is 57.6 Å². The lowest BCUT2D eigenvalue weighted by molar-refractivity contribution is 0.120. The van der Waals surface area contributed by atoms with E-state index in [0.29, 0.717) is 22.6 Å². The molecular formula is C19H19ClF2O4. The number of rotatable bonds is 6. The van der Waals surface area contributed by atoms with Crippen LogP contribution in [0, 0.1) is 6.92 Å². The molecule has 0 fully saturated rings. The molecule has 2 rings (SSSR count). The summed E-state index contributed by atoms with van der Waals surface area (Å²) in [6, 6.07) is 7.84. The van der Waals surface area contributed by atoms with Crippen LogP contribution in [0.15, 0.2) is 30.3 Å². The number of aryl methyl sites for hydroxylation is 2. The van der Waals surface area contributed by atoms with Gasteiger partial charge in [-0.05, 0) is 42.7 Å². The van der Waals surface area contributed by atoms with E-state index >= 15 is 0 Å². The third kappa shape index (κ3) is 4.64. The van der Waals surface area contributed by atoms with Crippen LogP contribution in [0.5, 0.6) is 11.5 Å². The third-order valence-electron chi connectivity index (χ3n) is 3.87. The van der Waals surface area contributed by atoms with Gasteiger partial charge < -0.3 is 14.2 Å². The van der Waals surface area contributed by atoms with Crippen LogP contribution in [0.3, 0.4) is 0 Å². The summed E-state index contributed by atoms with van der Waals surface area (Å²) in [7, 11) is 1.20. The molecule has 0 aliphatic rings. The van der Waals surface area contributed by atoms with Crippen LogP contribution in [0.2, 0.25) is 5.02 Å². The average Bonchev–Trinajstić information content (AvgIpc) is 2.62. The molecular weight excluding hydrogens is 366 g/mol. The van der Waals surface area contributed by atoms with Gasteiger partial charge in [0, 0.05) is 10.6 Å². The summed E-state index contributed by atoms with van der Waals surface area (Å²) in [6.07, 6.45) is -2.92. The minimum atomic E-state index is -2.70. The Hall–Kier alpha value is -2.34. The van der Waals surface area contributed by atoms with Crippen LogP contribution in [0.1, 0.15) is 35.6 Å². The Kier molecular flexibility index (Phi) is 6.80. The first kappa shape index (κ1) is 20.0. The van der Waals surface area contributed by atoms with Crippen LogP contribution in [-0.2, 0) is 17.8 Å². The molecule has 0 aromatic heterocycles. The fourth-order valence-corrected chi connectivity index (χ4v) is 2.62. The number of hydrogen-bond acceptors (Lipinski definition) is 4. The van der Waals surface area contributed by atoms with Crippen LogP contribution in [-0.4, -0.2) is 13.3 Å². The molecule has 0 atom stereocenters. The molecule has 7 heteroatoms. The van der Waals surface area contributed by atoms with E-state index in [-0.39, 0.29) is 23.7 Å². The summed E-state index contributed by atoms with van der Waals surface area (Å²) in [4.78, 5) is 11.4. The summed E-state index contributed by atoms with van der Waals surface area (Å²) in [5, 5.41) is 0.333. The van der Waals surface area contributed by atoms with Gasteiger partial charge in [0.15, 0.2) is 0 Å². The van der Waals surface area contributed by atoms with Crippen molar-refractivity contribution in [2.24, 2.45) is 0 Å². The normalized spacial score (nSPS) is 10.7.